The standard InChI is InChI=1S/C21H28N4O/c1-23-11-3-6-17-14-16(9-10-18(17)23)15-22-21(26)25-13-5-8-20(25)19-7-4-12-24(19)2/h4,7,9-10,12,14,20H,3,5-6,8,11,13,15H2,1-2H3,(H,22,26)/t20-/m1/s1. The molecule has 26 heavy (non-hydrogen) atoms. The molecule has 0 aliphatic carbocycles. The van der Waals surface area contributed by atoms with Crippen LogP contribution in [0.4, 0.5) is 10.5 Å². The van der Waals surface area contributed by atoms with Gasteiger partial charge in [0.1, 0.15) is 0 Å². The maximum Gasteiger partial charge on any atom is 0.318 e. The van der Waals surface area contributed by atoms with Gasteiger partial charge in [0, 0.05) is 51.3 Å². The number of anilines is 1. The van der Waals surface area contributed by atoms with E-state index in [1.807, 2.05) is 24.2 Å². The zero-order chi connectivity index (χ0) is 18.1. The summed E-state index contributed by atoms with van der Waals surface area (Å²) in [4.78, 5) is 17.1. The molecule has 2 amide bonds. The number of urea groups is 1. The van der Waals surface area contributed by atoms with Crippen LogP contribution in [0.25, 0.3) is 0 Å². The van der Waals surface area contributed by atoms with Crippen LogP contribution in [0.2, 0.25) is 0 Å². The Balaban J connectivity index is 1.42. The second kappa shape index (κ2) is 7.06. The maximum atomic E-state index is 12.8. The molecule has 4 rings (SSSR count). The number of carbonyl (C=O) groups is 1. The zero-order valence-corrected chi connectivity index (χ0v) is 15.7. The van der Waals surface area contributed by atoms with Crippen LogP contribution in [-0.4, -0.2) is 35.6 Å². The van der Waals surface area contributed by atoms with E-state index in [1.165, 1.54) is 28.9 Å². The molecule has 0 spiro atoms. The first-order valence-corrected chi connectivity index (χ1v) is 9.62. The quantitative estimate of drug-likeness (QED) is 0.919. The largest absolute Gasteiger partial charge is 0.374 e. The first kappa shape index (κ1) is 17.0. The molecule has 1 saturated heterocycles. The minimum atomic E-state index is 0.0449. The van der Waals surface area contributed by atoms with Crippen LogP contribution < -0.4 is 10.2 Å². The van der Waals surface area contributed by atoms with Crippen LogP contribution >= 0.6 is 0 Å². The number of likely N-dealkylation sites (tertiary alicyclic amines) is 1. The minimum absolute atomic E-state index is 0.0449. The molecule has 3 heterocycles. The maximum absolute atomic E-state index is 12.8. The molecule has 0 saturated carbocycles. The average molecular weight is 352 g/mol. The van der Waals surface area contributed by atoms with Gasteiger partial charge in [-0.3, -0.25) is 0 Å². The molecule has 2 aliphatic heterocycles. The van der Waals surface area contributed by atoms with Gasteiger partial charge < -0.3 is 19.7 Å². The zero-order valence-electron chi connectivity index (χ0n) is 15.7. The Labute approximate surface area is 155 Å². The molecular formula is C21H28N4O. The van der Waals surface area contributed by atoms with Crippen LogP contribution in [0.5, 0.6) is 0 Å². The Hall–Kier alpha value is -2.43. The van der Waals surface area contributed by atoms with Gasteiger partial charge in [-0.25, -0.2) is 4.79 Å². The molecule has 1 aromatic carbocycles. The second-order valence-electron chi connectivity index (χ2n) is 7.54. The van der Waals surface area contributed by atoms with E-state index in [9.17, 15) is 4.79 Å². The van der Waals surface area contributed by atoms with Crippen molar-refractivity contribution < 1.29 is 4.79 Å². The Morgan fingerprint density at radius 2 is 2.08 bits per heavy atom. The highest BCUT2D eigenvalue weighted by Crippen LogP contribution is 2.32. The Bertz CT molecular complexity index is 797. The van der Waals surface area contributed by atoms with Crippen molar-refractivity contribution in [2.75, 3.05) is 25.0 Å². The van der Waals surface area contributed by atoms with Crippen molar-refractivity contribution in [1.29, 1.82) is 0 Å². The van der Waals surface area contributed by atoms with E-state index in [0.717, 1.165) is 32.4 Å². The van der Waals surface area contributed by atoms with Gasteiger partial charge in [-0.2, -0.15) is 0 Å². The van der Waals surface area contributed by atoms with Gasteiger partial charge in [-0.05, 0) is 55.0 Å². The topological polar surface area (TPSA) is 40.5 Å². The van der Waals surface area contributed by atoms with Gasteiger partial charge in [-0.1, -0.05) is 12.1 Å². The van der Waals surface area contributed by atoms with Crippen molar-refractivity contribution >= 4 is 11.7 Å². The third-order valence-corrected chi connectivity index (χ3v) is 5.78. The fraction of sp³-hybridized carbons (Fsp3) is 0.476. The summed E-state index contributed by atoms with van der Waals surface area (Å²) in [7, 11) is 4.20. The monoisotopic (exact) mass is 352 g/mol. The number of rotatable bonds is 3. The van der Waals surface area contributed by atoms with Crippen molar-refractivity contribution in [2.24, 2.45) is 7.05 Å². The summed E-state index contributed by atoms with van der Waals surface area (Å²) in [6, 6.07) is 11.0. The van der Waals surface area contributed by atoms with Crippen molar-refractivity contribution in [1.82, 2.24) is 14.8 Å². The second-order valence-corrected chi connectivity index (χ2v) is 7.54. The highest BCUT2D eigenvalue weighted by Gasteiger charge is 2.31. The van der Waals surface area contributed by atoms with E-state index in [-0.39, 0.29) is 12.1 Å². The molecule has 1 N–H and O–H groups in total. The van der Waals surface area contributed by atoms with Crippen LogP contribution in [0, 0.1) is 0 Å². The summed E-state index contributed by atoms with van der Waals surface area (Å²) < 4.78 is 2.12. The van der Waals surface area contributed by atoms with E-state index in [2.05, 4.69) is 46.1 Å². The highest BCUT2D eigenvalue weighted by atomic mass is 16.2. The third-order valence-electron chi connectivity index (χ3n) is 5.78. The van der Waals surface area contributed by atoms with Crippen LogP contribution in [0.15, 0.2) is 36.5 Å². The molecule has 2 aliphatic rings. The van der Waals surface area contributed by atoms with Gasteiger partial charge >= 0.3 is 6.03 Å². The number of carbonyl (C=O) groups excluding carboxylic acids is 1. The number of hydrogen-bond acceptors (Lipinski definition) is 2. The molecular weight excluding hydrogens is 324 g/mol. The number of fused-ring (bicyclic) bond motifs is 1. The molecule has 0 unspecified atom stereocenters. The molecule has 138 valence electrons. The lowest BCUT2D eigenvalue weighted by molar-refractivity contribution is 0.191. The number of nitrogens with zero attached hydrogens (tertiary/aromatic N) is 3. The molecule has 5 nitrogen and oxygen atoms in total. The van der Waals surface area contributed by atoms with Crippen LogP contribution in [0.1, 0.15) is 42.1 Å². The van der Waals surface area contributed by atoms with Gasteiger partial charge in [-0.15, -0.1) is 0 Å². The number of benzene rings is 1. The smallest absolute Gasteiger partial charge is 0.318 e. The fourth-order valence-electron chi connectivity index (χ4n) is 4.37. The highest BCUT2D eigenvalue weighted by molar-refractivity contribution is 5.75. The lowest BCUT2D eigenvalue weighted by Gasteiger charge is -2.28. The molecule has 1 atom stereocenters. The van der Waals surface area contributed by atoms with Crippen molar-refractivity contribution in [3.8, 4) is 0 Å². The van der Waals surface area contributed by atoms with E-state index < -0.39 is 0 Å². The van der Waals surface area contributed by atoms with E-state index in [0.29, 0.717) is 6.54 Å². The van der Waals surface area contributed by atoms with Gasteiger partial charge in [0.15, 0.2) is 0 Å². The van der Waals surface area contributed by atoms with Gasteiger partial charge in [0.25, 0.3) is 0 Å². The SMILES string of the molecule is CN1CCCc2cc(CNC(=O)N3CCC[C@@H]3c3cccn3C)ccc21. The summed E-state index contributed by atoms with van der Waals surface area (Å²) >= 11 is 0. The van der Waals surface area contributed by atoms with E-state index in [1.54, 1.807) is 0 Å². The van der Waals surface area contributed by atoms with Crippen LogP contribution in [0.3, 0.4) is 0 Å². The Kier molecular flexibility index (Phi) is 4.62. The average Bonchev–Trinajstić information content (AvgIpc) is 3.28. The van der Waals surface area contributed by atoms with Crippen molar-refractivity contribution in [2.45, 2.75) is 38.3 Å². The number of amides is 2. The number of hydrogen-bond donors (Lipinski definition) is 1. The molecule has 1 fully saturated rings. The summed E-state index contributed by atoms with van der Waals surface area (Å²) in [6.07, 6.45) is 6.48. The molecule has 1 aromatic heterocycles. The van der Waals surface area contributed by atoms with E-state index in [4.69, 9.17) is 0 Å². The molecule has 0 bridgehead atoms. The van der Waals surface area contributed by atoms with E-state index >= 15 is 0 Å². The number of aryl methyl sites for hydroxylation is 2. The summed E-state index contributed by atoms with van der Waals surface area (Å²) in [5, 5.41) is 3.13. The predicted molar refractivity (Wildman–Crippen MR) is 104 cm³/mol. The fourth-order valence-corrected chi connectivity index (χ4v) is 4.37. The molecule has 5 heteroatoms. The molecule has 0 radical (unpaired) electrons. The summed E-state index contributed by atoms with van der Waals surface area (Å²) in [6.45, 7) is 2.54. The third kappa shape index (κ3) is 3.18. The first-order valence-electron chi connectivity index (χ1n) is 9.62. The normalized spacial score (nSPS) is 19.5. The van der Waals surface area contributed by atoms with Crippen molar-refractivity contribution in [3.05, 3.63) is 53.3 Å². The number of nitrogens with one attached hydrogen (secondary N) is 1. The lowest BCUT2D eigenvalue weighted by Crippen LogP contribution is -2.39. The summed E-state index contributed by atoms with van der Waals surface area (Å²) in [5.41, 5.74) is 5.12. The van der Waals surface area contributed by atoms with Gasteiger partial charge in [0.05, 0.1) is 6.04 Å². The Morgan fingerprint density at radius 1 is 1.19 bits per heavy atom. The Morgan fingerprint density at radius 3 is 2.88 bits per heavy atom. The first-order chi connectivity index (χ1) is 12.6. The lowest BCUT2D eigenvalue weighted by atomic mass is 9.99. The van der Waals surface area contributed by atoms with Gasteiger partial charge in [0.2, 0.25) is 0 Å². The summed E-state index contributed by atoms with van der Waals surface area (Å²) in [5.74, 6) is 0. The van der Waals surface area contributed by atoms with Crippen LogP contribution in [-0.2, 0) is 20.0 Å². The minimum Gasteiger partial charge on any atom is -0.374 e. The predicted octanol–water partition coefficient (Wildman–Crippen LogP) is 3.45. The molecule has 2 aromatic rings. The van der Waals surface area contributed by atoms with Crippen molar-refractivity contribution in [3.63, 3.8) is 0 Å². The number of aromatic nitrogens is 1.